The highest BCUT2D eigenvalue weighted by molar-refractivity contribution is 7.60. The number of phosphoric ester groups is 2. The second-order valence-electron chi connectivity index (χ2n) is 6.14. The molecule has 2 aromatic rings. The van der Waals surface area contributed by atoms with Crippen LogP contribution in [0.2, 0.25) is 0 Å². The molecule has 22 heteroatoms. The first-order valence-electron chi connectivity index (χ1n) is 8.02. The number of imidazole rings is 1. The van der Waals surface area contributed by atoms with E-state index in [1.54, 1.807) is 0 Å². The van der Waals surface area contributed by atoms with Gasteiger partial charge < -0.3 is 44.4 Å². The van der Waals surface area contributed by atoms with E-state index in [-0.39, 0.29) is 11.2 Å². The van der Waals surface area contributed by atoms with Crippen molar-refractivity contribution in [3.05, 3.63) is 23.0 Å². The van der Waals surface area contributed by atoms with Crippen molar-refractivity contribution in [2.24, 2.45) is 0 Å². The van der Waals surface area contributed by atoms with Gasteiger partial charge in [0.15, 0.2) is 17.4 Å². The number of nitrogens with one attached hydrogen (secondary N) is 1. The molecule has 19 nitrogen and oxygen atoms in total. The molecule has 3 rings (SSSR count). The van der Waals surface area contributed by atoms with Gasteiger partial charge in [0.25, 0.3) is 5.56 Å². The van der Waals surface area contributed by atoms with Crippen LogP contribution in [-0.2, 0) is 31.8 Å². The Bertz CT molecular complexity index is 1190. The Kier molecular flexibility index (Phi) is 6.90. The third kappa shape index (κ3) is 5.74. The van der Waals surface area contributed by atoms with E-state index in [9.17, 15) is 33.6 Å². The summed E-state index contributed by atoms with van der Waals surface area (Å²) in [6.45, 7) is 0. The van der Waals surface area contributed by atoms with Gasteiger partial charge in [0.2, 0.25) is 6.29 Å². The first-order valence-corrected chi connectivity index (χ1v) is 12.6. The second kappa shape index (κ2) is 8.75. The minimum atomic E-state index is -5.76. The van der Waals surface area contributed by atoms with E-state index in [2.05, 4.69) is 28.3 Å². The maximum absolute atomic E-state index is 11.8. The number of rotatable bonds is 8. The lowest BCUT2D eigenvalue weighted by molar-refractivity contribution is -0.154. The number of hydrogen-bond donors (Lipinski definition) is 8. The van der Waals surface area contributed by atoms with Gasteiger partial charge in [0.05, 0.1) is 12.7 Å². The molecule has 180 valence electrons. The molecule has 1 fully saturated rings. The maximum Gasteiger partial charge on any atom is 0.483 e. The highest BCUT2D eigenvalue weighted by atomic mass is 31.3. The molecule has 2 aromatic heterocycles. The smallest absolute Gasteiger partial charge is 0.387 e. The first-order chi connectivity index (χ1) is 14.6. The molecule has 0 aliphatic carbocycles. The zero-order chi connectivity index (χ0) is 24.1. The van der Waals surface area contributed by atoms with Crippen LogP contribution in [0.3, 0.4) is 0 Å². The fourth-order valence-electron chi connectivity index (χ4n) is 2.75. The molecule has 0 amide bonds. The molecule has 0 saturated carbocycles. The van der Waals surface area contributed by atoms with Crippen LogP contribution in [0.5, 0.6) is 0 Å². The maximum atomic E-state index is 11.8. The van der Waals surface area contributed by atoms with E-state index in [0.717, 1.165) is 17.2 Å². The molecule has 32 heavy (non-hydrogen) atoms. The summed E-state index contributed by atoms with van der Waals surface area (Å²) < 4.78 is 52.0. The lowest BCUT2D eigenvalue weighted by Gasteiger charge is -2.26. The van der Waals surface area contributed by atoms with E-state index < -0.39 is 59.9 Å². The van der Waals surface area contributed by atoms with Gasteiger partial charge >= 0.3 is 23.5 Å². The molecule has 1 aliphatic heterocycles. The Hall–Kier alpha value is -1.40. The Morgan fingerprint density at radius 2 is 1.69 bits per heavy atom. The Morgan fingerprint density at radius 1 is 1.03 bits per heavy atom. The van der Waals surface area contributed by atoms with Gasteiger partial charge in [-0.1, -0.05) is 0 Å². The Morgan fingerprint density at radius 3 is 2.28 bits per heavy atom. The highest BCUT2D eigenvalue weighted by Gasteiger charge is 2.52. The van der Waals surface area contributed by atoms with E-state index in [0.29, 0.717) is 0 Å². The van der Waals surface area contributed by atoms with Gasteiger partial charge in [-0.25, -0.2) is 23.7 Å². The molecule has 2 unspecified atom stereocenters. The van der Waals surface area contributed by atoms with Gasteiger partial charge in [0, 0.05) is 0 Å². The first kappa shape index (κ1) is 25.2. The number of fused-ring (bicyclic) bond motifs is 1. The summed E-state index contributed by atoms with van der Waals surface area (Å²) in [6.07, 6.45) is -8.55. The number of aliphatic hydroxyl groups is 2. The molecule has 3 heterocycles. The number of hydrogen-bond acceptors (Lipinski definition) is 12. The Labute approximate surface area is 175 Å². The van der Waals surface area contributed by atoms with Gasteiger partial charge in [-0.3, -0.25) is 18.4 Å². The van der Waals surface area contributed by atoms with Crippen molar-refractivity contribution in [2.75, 3.05) is 0 Å². The standard InChI is InChI=1S/C10H15N4O15P3/c15-4-5(16)9(14-2-13-3-7(14)11-1-12-8(3)17)26-6(4)10(27-30(18,19)20)28-32(24,25)29-31(21,22)23/h1-2,4-6,9-10,15-16H,(H,24,25)(H,11,12,17)(H2,18,19,20)(H2,21,22,23)/t4-,5+,6-,9+,10?/m0/s1. The fourth-order valence-corrected chi connectivity index (χ4v) is 4.91. The van der Waals surface area contributed by atoms with Crippen LogP contribution >= 0.6 is 23.5 Å². The number of aliphatic hydroxyl groups excluding tert-OH is 2. The van der Waals surface area contributed by atoms with E-state index in [1.165, 1.54) is 0 Å². The predicted octanol–water partition coefficient (Wildman–Crippen LogP) is -2.60. The quantitative estimate of drug-likeness (QED) is 0.130. The van der Waals surface area contributed by atoms with E-state index >= 15 is 0 Å². The largest absolute Gasteiger partial charge is 0.483 e. The van der Waals surface area contributed by atoms with E-state index in [4.69, 9.17) is 24.3 Å². The highest BCUT2D eigenvalue weighted by Crippen LogP contribution is 2.59. The van der Waals surface area contributed by atoms with Crippen molar-refractivity contribution in [2.45, 2.75) is 30.8 Å². The second-order valence-corrected chi connectivity index (χ2v) is 10.1. The molecule has 0 aromatic carbocycles. The summed E-state index contributed by atoms with van der Waals surface area (Å²) in [5.74, 6) is 0. The molecule has 8 N–H and O–H groups in total. The van der Waals surface area contributed by atoms with Crippen molar-refractivity contribution in [1.29, 1.82) is 0 Å². The minimum Gasteiger partial charge on any atom is -0.387 e. The van der Waals surface area contributed by atoms with E-state index in [1.807, 2.05) is 0 Å². The van der Waals surface area contributed by atoms with Crippen molar-refractivity contribution in [3.8, 4) is 0 Å². The molecular formula is C10H15N4O15P3. The lowest BCUT2D eigenvalue weighted by Crippen LogP contribution is -2.40. The molecular weight excluding hydrogens is 509 g/mol. The summed E-state index contributed by atoms with van der Waals surface area (Å²) >= 11 is 0. The number of phosphoric acid groups is 3. The zero-order valence-corrected chi connectivity index (χ0v) is 17.8. The Balaban J connectivity index is 1.94. The predicted molar refractivity (Wildman–Crippen MR) is 95.0 cm³/mol. The third-order valence-corrected chi connectivity index (χ3v) is 6.50. The number of ether oxygens (including phenoxy) is 1. The molecule has 1 saturated heterocycles. The topological polar surface area (TPSA) is 293 Å². The molecule has 0 bridgehead atoms. The van der Waals surface area contributed by atoms with Crippen LogP contribution in [0, 0.1) is 0 Å². The molecule has 1 aliphatic rings. The van der Waals surface area contributed by atoms with Crippen molar-refractivity contribution in [1.82, 2.24) is 19.5 Å². The van der Waals surface area contributed by atoms with Gasteiger partial charge in [-0.2, -0.15) is 4.31 Å². The summed E-state index contributed by atoms with van der Waals surface area (Å²) in [7, 11) is -16.9. The summed E-state index contributed by atoms with van der Waals surface area (Å²) in [5.41, 5.74) is -1.01. The van der Waals surface area contributed by atoms with Crippen LogP contribution in [0.15, 0.2) is 17.4 Å². The van der Waals surface area contributed by atoms with Crippen LogP contribution < -0.4 is 5.56 Å². The molecule has 0 radical (unpaired) electrons. The molecule has 6 atom stereocenters. The monoisotopic (exact) mass is 524 g/mol. The number of aromatic nitrogens is 4. The van der Waals surface area contributed by atoms with Crippen LogP contribution in [-0.4, -0.2) is 78.8 Å². The number of nitrogens with zero attached hydrogens (tertiary/aromatic N) is 3. The zero-order valence-electron chi connectivity index (χ0n) is 15.1. The van der Waals surface area contributed by atoms with Gasteiger partial charge in [0.1, 0.15) is 18.3 Å². The van der Waals surface area contributed by atoms with Crippen molar-refractivity contribution in [3.63, 3.8) is 0 Å². The fraction of sp³-hybridized carbons (Fsp3) is 0.500. The van der Waals surface area contributed by atoms with Gasteiger partial charge in [-0.15, -0.1) is 0 Å². The van der Waals surface area contributed by atoms with Crippen molar-refractivity contribution >= 4 is 34.6 Å². The third-order valence-electron chi connectivity index (χ3n) is 3.87. The summed E-state index contributed by atoms with van der Waals surface area (Å²) in [5, 5.41) is 20.6. The van der Waals surface area contributed by atoms with Crippen LogP contribution in [0.25, 0.3) is 11.2 Å². The van der Waals surface area contributed by atoms with Crippen LogP contribution in [0.1, 0.15) is 6.23 Å². The summed E-state index contributed by atoms with van der Waals surface area (Å²) in [6, 6.07) is 0. The van der Waals surface area contributed by atoms with Crippen molar-refractivity contribution < 1.29 is 66.5 Å². The SMILES string of the molecule is O=c1[nH]cnc2c1ncn2[C@@H]1O[C@H](C(OP(=O)(O)O)OP(=O)(O)OP(=O)(O)O)[C@@H](O)[C@H]1O. The minimum absolute atomic E-state index is 0.142. The summed E-state index contributed by atoms with van der Waals surface area (Å²) in [4.78, 5) is 66.5. The van der Waals surface area contributed by atoms with Crippen LogP contribution in [0.4, 0.5) is 0 Å². The molecule has 0 spiro atoms. The lowest BCUT2D eigenvalue weighted by atomic mass is 10.1. The van der Waals surface area contributed by atoms with Gasteiger partial charge in [-0.05, 0) is 0 Å². The average Bonchev–Trinajstić information content (AvgIpc) is 3.14. The normalized spacial score (nSPS) is 27.5. The number of H-pyrrole nitrogens is 1. The average molecular weight is 524 g/mol. The number of aromatic amines is 1.